The van der Waals surface area contributed by atoms with Gasteiger partial charge in [0, 0.05) is 12.8 Å². The summed E-state index contributed by atoms with van der Waals surface area (Å²) >= 11 is 1.51. The van der Waals surface area contributed by atoms with Gasteiger partial charge in [-0.15, -0.1) is 0 Å². The number of carboxylic acid groups (broad SMARTS) is 1. The summed E-state index contributed by atoms with van der Waals surface area (Å²) in [7, 11) is 0. The van der Waals surface area contributed by atoms with Crippen LogP contribution in [0, 0.1) is 5.92 Å². The third-order valence-electron chi connectivity index (χ3n) is 6.44. The van der Waals surface area contributed by atoms with Gasteiger partial charge in [-0.05, 0) is 54.0 Å². The van der Waals surface area contributed by atoms with E-state index < -0.39 is 47.9 Å². The Bertz CT molecular complexity index is 1180. The maximum atomic E-state index is 13.5. The van der Waals surface area contributed by atoms with Crippen molar-refractivity contribution >= 4 is 41.9 Å². The highest BCUT2D eigenvalue weighted by Crippen LogP contribution is 2.13. The minimum Gasteiger partial charge on any atom is -0.508 e. The lowest BCUT2D eigenvalue weighted by molar-refractivity contribution is -0.142. The quantitative estimate of drug-likeness (QED) is 0.140. The molecule has 6 N–H and O–H groups in total. The molecule has 42 heavy (non-hydrogen) atoms. The van der Waals surface area contributed by atoms with E-state index in [4.69, 9.17) is 0 Å². The van der Waals surface area contributed by atoms with Crippen molar-refractivity contribution in [3.8, 4) is 5.75 Å². The van der Waals surface area contributed by atoms with Gasteiger partial charge in [0.1, 0.15) is 29.9 Å². The number of hydrogen-bond donors (Lipinski definition) is 6. The molecule has 0 aliphatic heterocycles. The highest BCUT2D eigenvalue weighted by atomic mass is 32.2. The number of aromatic hydroxyl groups is 1. The molecule has 0 saturated heterocycles. The Balaban J connectivity index is 2.28. The number of amides is 4. The Morgan fingerprint density at radius 3 is 1.88 bits per heavy atom. The number of nitrogens with one attached hydrogen (secondary N) is 4. The third kappa shape index (κ3) is 11.8. The Hall–Kier alpha value is -4.06. The summed E-state index contributed by atoms with van der Waals surface area (Å²) in [5, 5.41) is 29.9. The molecule has 11 nitrogen and oxygen atoms in total. The number of thioether (sulfide) groups is 1. The van der Waals surface area contributed by atoms with Gasteiger partial charge >= 0.3 is 5.97 Å². The van der Waals surface area contributed by atoms with E-state index in [2.05, 4.69) is 21.3 Å². The zero-order chi connectivity index (χ0) is 31.1. The molecule has 4 amide bonds. The van der Waals surface area contributed by atoms with Crippen LogP contribution in [0.15, 0.2) is 54.6 Å². The lowest BCUT2D eigenvalue weighted by Crippen LogP contribution is -2.58. The SMILES string of the molecule is CSCC[C@H](NC=O)C(=O)N[C@@H](CC(C)C)C(=O)N[C@@H](Cc1ccc(O)cc1)C(=O)NC(Cc1ccccc1)C(=O)O. The molecule has 0 spiro atoms. The van der Waals surface area contributed by atoms with Crippen molar-refractivity contribution in [2.75, 3.05) is 12.0 Å². The molecule has 228 valence electrons. The van der Waals surface area contributed by atoms with Crippen LogP contribution in [0.4, 0.5) is 0 Å². The van der Waals surface area contributed by atoms with Gasteiger partial charge in [-0.2, -0.15) is 11.8 Å². The van der Waals surface area contributed by atoms with Crippen molar-refractivity contribution in [2.24, 2.45) is 5.92 Å². The minimum atomic E-state index is -1.25. The Morgan fingerprint density at radius 1 is 0.786 bits per heavy atom. The minimum absolute atomic E-state index is 0.000913. The van der Waals surface area contributed by atoms with Crippen molar-refractivity contribution < 1.29 is 34.2 Å². The second-order valence-corrected chi connectivity index (χ2v) is 11.3. The second kappa shape index (κ2) is 17.7. The van der Waals surface area contributed by atoms with Crippen LogP contribution in [-0.4, -0.2) is 76.5 Å². The number of hydrogen-bond acceptors (Lipinski definition) is 7. The molecule has 0 heterocycles. The number of carbonyl (C=O) groups excluding carboxylic acids is 4. The fourth-order valence-corrected chi connectivity index (χ4v) is 4.73. The molecule has 0 saturated carbocycles. The molecular weight excluding hydrogens is 560 g/mol. The highest BCUT2D eigenvalue weighted by Gasteiger charge is 2.31. The van der Waals surface area contributed by atoms with Crippen LogP contribution < -0.4 is 21.3 Å². The molecule has 0 fully saturated rings. The molecule has 2 aromatic carbocycles. The summed E-state index contributed by atoms with van der Waals surface area (Å²) in [6.45, 7) is 3.76. The molecule has 0 aliphatic rings. The van der Waals surface area contributed by atoms with E-state index in [0.29, 0.717) is 29.7 Å². The Morgan fingerprint density at radius 2 is 1.31 bits per heavy atom. The summed E-state index contributed by atoms with van der Waals surface area (Å²) in [6, 6.07) is 10.6. The predicted molar refractivity (Wildman–Crippen MR) is 161 cm³/mol. The van der Waals surface area contributed by atoms with Gasteiger partial charge in [-0.3, -0.25) is 19.2 Å². The largest absolute Gasteiger partial charge is 0.508 e. The first-order valence-electron chi connectivity index (χ1n) is 13.7. The van der Waals surface area contributed by atoms with Crippen molar-refractivity contribution in [3.05, 3.63) is 65.7 Å². The Labute approximate surface area is 250 Å². The first kappa shape index (κ1) is 34.1. The molecule has 0 aromatic heterocycles. The van der Waals surface area contributed by atoms with E-state index in [1.165, 1.54) is 23.9 Å². The number of phenolic OH excluding ortho intramolecular Hbond substituents is 1. The topological polar surface area (TPSA) is 174 Å². The molecule has 2 aromatic rings. The van der Waals surface area contributed by atoms with Gasteiger partial charge < -0.3 is 31.5 Å². The van der Waals surface area contributed by atoms with Crippen LogP contribution >= 0.6 is 11.8 Å². The molecular formula is C30H40N4O7S. The summed E-state index contributed by atoms with van der Waals surface area (Å²) < 4.78 is 0. The van der Waals surface area contributed by atoms with Crippen LogP contribution in [0.1, 0.15) is 37.8 Å². The molecule has 0 aliphatic carbocycles. The summed E-state index contributed by atoms with van der Waals surface area (Å²) in [5.74, 6) is -2.46. The summed E-state index contributed by atoms with van der Waals surface area (Å²) in [6.07, 6.45) is 2.97. The number of carboxylic acids is 1. The van der Waals surface area contributed by atoms with Crippen LogP contribution in [0.5, 0.6) is 5.75 Å². The predicted octanol–water partition coefficient (Wildman–Crippen LogP) is 1.63. The van der Waals surface area contributed by atoms with Gasteiger partial charge in [0.25, 0.3) is 0 Å². The van der Waals surface area contributed by atoms with Gasteiger partial charge in [0.15, 0.2) is 0 Å². The van der Waals surface area contributed by atoms with Crippen LogP contribution in [0.2, 0.25) is 0 Å². The highest BCUT2D eigenvalue weighted by molar-refractivity contribution is 7.98. The fraction of sp³-hybridized carbons (Fsp3) is 0.433. The maximum absolute atomic E-state index is 13.5. The molecule has 4 atom stereocenters. The van der Waals surface area contributed by atoms with Crippen LogP contribution in [-0.2, 0) is 36.8 Å². The maximum Gasteiger partial charge on any atom is 0.326 e. The van der Waals surface area contributed by atoms with E-state index in [0.717, 1.165) is 0 Å². The fourth-order valence-electron chi connectivity index (χ4n) is 4.25. The molecule has 0 bridgehead atoms. The van der Waals surface area contributed by atoms with Crippen molar-refractivity contribution in [3.63, 3.8) is 0 Å². The zero-order valence-electron chi connectivity index (χ0n) is 24.0. The van der Waals surface area contributed by atoms with E-state index in [1.54, 1.807) is 42.5 Å². The summed E-state index contributed by atoms with van der Waals surface area (Å²) in [5.41, 5.74) is 1.32. The van der Waals surface area contributed by atoms with Gasteiger partial charge in [0.2, 0.25) is 24.1 Å². The number of aliphatic carboxylic acids is 1. The molecule has 2 rings (SSSR count). The third-order valence-corrected chi connectivity index (χ3v) is 7.09. The van der Waals surface area contributed by atoms with Crippen LogP contribution in [0.25, 0.3) is 0 Å². The molecule has 12 heteroatoms. The van der Waals surface area contributed by atoms with Crippen molar-refractivity contribution in [2.45, 2.75) is 63.7 Å². The normalized spacial score (nSPS) is 13.7. The monoisotopic (exact) mass is 600 g/mol. The standard InChI is InChI=1S/C30H40N4O7S/c1-19(2)15-24(32-27(37)23(31-18-35)13-14-42-3)28(38)33-25(16-21-9-11-22(36)12-10-21)29(39)34-26(30(40)41)17-20-7-5-4-6-8-20/h4-12,18-19,23-26,36H,13-17H2,1-3H3,(H,31,35)(H,32,37)(H,33,38)(H,34,39)(H,40,41)/t23-,24-,25-,26?/m0/s1. The van der Waals surface area contributed by atoms with E-state index in [-0.39, 0.29) is 30.9 Å². The first-order chi connectivity index (χ1) is 20.0. The summed E-state index contributed by atoms with van der Waals surface area (Å²) in [4.78, 5) is 63.0. The number of benzene rings is 2. The molecule has 0 radical (unpaired) electrons. The number of phenols is 1. The van der Waals surface area contributed by atoms with Gasteiger partial charge in [-0.1, -0.05) is 56.3 Å². The zero-order valence-corrected chi connectivity index (χ0v) is 24.9. The first-order valence-corrected chi connectivity index (χ1v) is 15.1. The lowest BCUT2D eigenvalue weighted by atomic mass is 10.00. The van der Waals surface area contributed by atoms with E-state index in [1.807, 2.05) is 20.1 Å². The Kier molecular flexibility index (Phi) is 14.4. The number of carbonyl (C=O) groups is 5. The van der Waals surface area contributed by atoms with E-state index in [9.17, 15) is 34.2 Å². The lowest BCUT2D eigenvalue weighted by Gasteiger charge is -2.26. The van der Waals surface area contributed by atoms with Crippen LogP contribution in [0.3, 0.4) is 0 Å². The van der Waals surface area contributed by atoms with Crippen molar-refractivity contribution in [1.29, 1.82) is 0 Å². The molecule has 1 unspecified atom stereocenters. The van der Waals surface area contributed by atoms with E-state index >= 15 is 0 Å². The van der Waals surface area contributed by atoms with Crippen molar-refractivity contribution in [1.82, 2.24) is 21.3 Å². The smallest absolute Gasteiger partial charge is 0.326 e. The van der Waals surface area contributed by atoms with Gasteiger partial charge in [-0.25, -0.2) is 4.79 Å². The average molecular weight is 601 g/mol. The van der Waals surface area contributed by atoms with Gasteiger partial charge in [0.05, 0.1) is 0 Å². The second-order valence-electron chi connectivity index (χ2n) is 10.3. The average Bonchev–Trinajstić information content (AvgIpc) is 2.95. The number of rotatable bonds is 18.